The molecule has 0 heterocycles. The van der Waals surface area contributed by atoms with E-state index in [-0.39, 0.29) is 23.1 Å². The molecule has 0 unspecified atom stereocenters. The van der Waals surface area contributed by atoms with Crippen molar-refractivity contribution in [3.63, 3.8) is 0 Å². The van der Waals surface area contributed by atoms with Crippen molar-refractivity contribution in [2.75, 3.05) is 0 Å². The van der Waals surface area contributed by atoms with E-state index in [1.807, 2.05) is 0 Å². The molecule has 0 saturated heterocycles. The van der Waals surface area contributed by atoms with Crippen LogP contribution in [0.5, 0.6) is 0 Å². The molecule has 0 N–H and O–H groups in total. The van der Waals surface area contributed by atoms with Crippen LogP contribution in [0.25, 0.3) is 0 Å². The highest BCUT2D eigenvalue weighted by atomic mass is 79.9. The molecule has 0 aromatic heterocycles. The zero-order valence-electron chi connectivity index (χ0n) is 5.61. The molecular weight excluding hydrogens is 200 g/mol. The maximum absolute atomic E-state index is 3.45. The van der Waals surface area contributed by atoms with Crippen LogP contribution in [-0.2, 0) is 0 Å². The topological polar surface area (TPSA) is 0 Å². The lowest BCUT2D eigenvalue weighted by molar-refractivity contribution is 1.37. The SMILES string of the molecule is Cc1ccc(C)c(Br)c1.[MgH2]. The van der Waals surface area contributed by atoms with Crippen LogP contribution >= 0.6 is 15.9 Å². The highest BCUT2D eigenvalue weighted by molar-refractivity contribution is 9.10. The van der Waals surface area contributed by atoms with Gasteiger partial charge in [-0.2, -0.15) is 0 Å². The van der Waals surface area contributed by atoms with Crippen LogP contribution in [0.15, 0.2) is 22.7 Å². The van der Waals surface area contributed by atoms with Gasteiger partial charge in [0.15, 0.2) is 0 Å². The molecular formula is C8H11BrMg. The van der Waals surface area contributed by atoms with Crippen molar-refractivity contribution in [2.45, 2.75) is 13.8 Å². The Hall–Kier alpha value is 0.466. The van der Waals surface area contributed by atoms with Crippen LogP contribution in [0.4, 0.5) is 0 Å². The average molecular weight is 211 g/mol. The van der Waals surface area contributed by atoms with Crippen molar-refractivity contribution in [1.82, 2.24) is 0 Å². The maximum Gasteiger partial charge on any atom is 0.316 e. The Labute approximate surface area is 86.3 Å². The fourth-order valence-corrected chi connectivity index (χ4v) is 1.19. The molecule has 0 aliphatic rings. The van der Waals surface area contributed by atoms with Crippen LogP contribution < -0.4 is 0 Å². The van der Waals surface area contributed by atoms with Gasteiger partial charge in [-0.15, -0.1) is 0 Å². The lowest BCUT2D eigenvalue weighted by atomic mass is 10.2. The number of hydrogen-bond acceptors (Lipinski definition) is 0. The predicted octanol–water partition coefficient (Wildman–Crippen LogP) is 2.15. The second kappa shape index (κ2) is 4.37. The fraction of sp³-hybridized carbons (Fsp3) is 0.250. The van der Waals surface area contributed by atoms with Crippen molar-refractivity contribution >= 4 is 39.0 Å². The Bertz CT molecular complexity index is 220. The van der Waals surface area contributed by atoms with Crippen LogP contribution in [0, 0.1) is 13.8 Å². The zero-order valence-corrected chi connectivity index (χ0v) is 7.20. The van der Waals surface area contributed by atoms with E-state index in [0.29, 0.717) is 0 Å². The average Bonchev–Trinajstić information content (AvgIpc) is 1.80. The van der Waals surface area contributed by atoms with Crippen molar-refractivity contribution in [1.29, 1.82) is 0 Å². The molecule has 0 nitrogen and oxygen atoms in total. The molecule has 0 saturated carbocycles. The number of hydrogen-bond donors (Lipinski definition) is 0. The Morgan fingerprint density at radius 3 is 2.20 bits per heavy atom. The second-order valence-electron chi connectivity index (χ2n) is 2.25. The largest absolute Gasteiger partial charge is 0.316 e. The van der Waals surface area contributed by atoms with Gasteiger partial charge in [-0.1, -0.05) is 28.1 Å². The minimum Gasteiger partial charge on any atom is -0.0590 e. The van der Waals surface area contributed by atoms with Crippen LogP contribution in [0.2, 0.25) is 0 Å². The van der Waals surface area contributed by atoms with Gasteiger partial charge in [-0.25, -0.2) is 0 Å². The quantitative estimate of drug-likeness (QED) is 0.577. The van der Waals surface area contributed by atoms with Crippen LogP contribution in [0.3, 0.4) is 0 Å². The van der Waals surface area contributed by atoms with Gasteiger partial charge < -0.3 is 0 Å². The van der Waals surface area contributed by atoms with Gasteiger partial charge in [0.2, 0.25) is 0 Å². The van der Waals surface area contributed by atoms with Gasteiger partial charge in [0.25, 0.3) is 0 Å². The Kier molecular flexibility index (Phi) is 4.57. The minimum absolute atomic E-state index is 0. The molecule has 1 aromatic rings. The Morgan fingerprint density at radius 1 is 1.20 bits per heavy atom. The molecule has 0 bridgehead atoms. The zero-order chi connectivity index (χ0) is 6.85. The molecule has 0 fully saturated rings. The van der Waals surface area contributed by atoms with E-state index in [0.717, 1.165) is 0 Å². The summed E-state index contributed by atoms with van der Waals surface area (Å²) in [6, 6.07) is 6.34. The highest BCUT2D eigenvalue weighted by Gasteiger charge is 1.90. The number of halogens is 1. The second-order valence-corrected chi connectivity index (χ2v) is 3.11. The monoisotopic (exact) mass is 210 g/mol. The summed E-state index contributed by atoms with van der Waals surface area (Å²) in [4.78, 5) is 0. The molecule has 2 heteroatoms. The molecule has 0 radical (unpaired) electrons. The van der Waals surface area contributed by atoms with E-state index >= 15 is 0 Å². The van der Waals surface area contributed by atoms with Crippen molar-refractivity contribution < 1.29 is 0 Å². The maximum atomic E-state index is 3.45. The molecule has 52 valence electrons. The number of aryl methyl sites for hydroxylation is 2. The number of rotatable bonds is 0. The van der Waals surface area contributed by atoms with Crippen molar-refractivity contribution in [3.05, 3.63) is 33.8 Å². The summed E-state index contributed by atoms with van der Waals surface area (Å²) < 4.78 is 1.20. The molecule has 0 aliphatic carbocycles. The fourth-order valence-electron chi connectivity index (χ4n) is 0.698. The molecule has 0 aliphatic heterocycles. The first kappa shape index (κ1) is 10.5. The Balaban J connectivity index is 0.000000810. The third-order valence-corrected chi connectivity index (χ3v) is 2.18. The molecule has 0 atom stereocenters. The molecule has 1 aromatic carbocycles. The van der Waals surface area contributed by atoms with E-state index in [4.69, 9.17) is 0 Å². The van der Waals surface area contributed by atoms with E-state index in [9.17, 15) is 0 Å². The van der Waals surface area contributed by atoms with Crippen molar-refractivity contribution in [2.24, 2.45) is 0 Å². The lowest BCUT2D eigenvalue weighted by Gasteiger charge is -1.96. The van der Waals surface area contributed by atoms with Gasteiger partial charge in [0.1, 0.15) is 0 Å². The minimum atomic E-state index is 0. The van der Waals surface area contributed by atoms with E-state index in [1.54, 1.807) is 0 Å². The standard InChI is InChI=1S/C8H9Br.Mg.2H/c1-6-3-4-7(2)8(9)5-6;;;/h3-5H,1-2H3;;;. The third-order valence-electron chi connectivity index (χ3n) is 1.33. The molecule has 10 heavy (non-hydrogen) atoms. The molecule has 0 spiro atoms. The summed E-state index contributed by atoms with van der Waals surface area (Å²) in [7, 11) is 0. The predicted molar refractivity (Wildman–Crippen MR) is 52.2 cm³/mol. The van der Waals surface area contributed by atoms with Gasteiger partial charge >= 0.3 is 23.1 Å². The summed E-state index contributed by atoms with van der Waals surface area (Å²) in [6.07, 6.45) is 0. The van der Waals surface area contributed by atoms with Crippen LogP contribution in [0.1, 0.15) is 11.1 Å². The summed E-state index contributed by atoms with van der Waals surface area (Å²) in [6.45, 7) is 4.17. The first-order valence-electron chi connectivity index (χ1n) is 2.93. The highest BCUT2D eigenvalue weighted by Crippen LogP contribution is 2.16. The summed E-state index contributed by atoms with van der Waals surface area (Å²) in [5, 5.41) is 0. The van der Waals surface area contributed by atoms with E-state index in [1.165, 1.54) is 15.6 Å². The van der Waals surface area contributed by atoms with E-state index in [2.05, 4.69) is 48.0 Å². The summed E-state index contributed by atoms with van der Waals surface area (Å²) >= 11 is 3.45. The normalized spacial score (nSPS) is 8.70. The summed E-state index contributed by atoms with van der Waals surface area (Å²) in [5.41, 5.74) is 2.59. The van der Waals surface area contributed by atoms with Gasteiger partial charge in [0.05, 0.1) is 0 Å². The lowest BCUT2D eigenvalue weighted by Crippen LogP contribution is -1.75. The van der Waals surface area contributed by atoms with Crippen molar-refractivity contribution in [3.8, 4) is 0 Å². The van der Waals surface area contributed by atoms with Gasteiger partial charge in [-0.3, -0.25) is 0 Å². The summed E-state index contributed by atoms with van der Waals surface area (Å²) in [5.74, 6) is 0. The van der Waals surface area contributed by atoms with Gasteiger partial charge in [-0.05, 0) is 31.0 Å². The third kappa shape index (κ3) is 2.60. The molecule has 1 rings (SSSR count). The number of benzene rings is 1. The first-order valence-corrected chi connectivity index (χ1v) is 3.72. The first-order chi connectivity index (χ1) is 4.20. The van der Waals surface area contributed by atoms with Crippen LogP contribution in [-0.4, -0.2) is 23.1 Å². The smallest absolute Gasteiger partial charge is 0.0590 e. The van der Waals surface area contributed by atoms with E-state index < -0.39 is 0 Å². The van der Waals surface area contributed by atoms with Gasteiger partial charge in [0, 0.05) is 4.47 Å². The molecule has 0 amide bonds. The Morgan fingerprint density at radius 2 is 1.80 bits per heavy atom.